The number of hydrogen-bond donors (Lipinski definition) is 2. The summed E-state index contributed by atoms with van der Waals surface area (Å²) in [4.78, 5) is 25.2. The lowest BCUT2D eigenvalue weighted by atomic mass is 10.0. The molecule has 0 fully saturated rings. The summed E-state index contributed by atoms with van der Waals surface area (Å²) in [6.45, 7) is 4.65. The van der Waals surface area contributed by atoms with Crippen molar-refractivity contribution in [3.8, 4) is 0 Å². The maximum absolute atomic E-state index is 12.8. The van der Waals surface area contributed by atoms with E-state index in [4.69, 9.17) is 9.05 Å². The van der Waals surface area contributed by atoms with Crippen molar-refractivity contribution in [2.45, 2.75) is 193 Å². The Labute approximate surface area is 297 Å². The van der Waals surface area contributed by atoms with Crippen LogP contribution in [0.15, 0.2) is 12.2 Å². The van der Waals surface area contributed by atoms with Crippen LogP contribution in [0.2, 0.25) is 0 Å². The van der Waals surface area contributed by atoms with Gasteiger partial charge in [0.05, 0.1) is 39.9 Å². The first kappa shape index (κ1) is 47.2. The van der Waals surface area contributed by atoms with Crippen molar-refractivity contribution in [3.05, 3.63) is 12.2 Å². The van der Waals surface area contributed by atoms with Gasteiger partial charge in [-0.3, -0.25) is 9.36 Å². The summed E-state index contributed by atoms with van der Waals surface area (Å²) in [6, 6.07) is -0.808. The van der Waals surface area contributed by atoms with Gasteiger partial charge in [0.15, 0.2) is 0 Å². The predicted molar refractivity (Wildman–Crippen MR) is 201 cm³/mol. The molecule has 0 aliphatic rings. The number of rotatable bonds is 36. The Balaban J connectivity index is 4.34. The summed E-state index contributed by atoms with van der Waals surface area (Å²) in [5.41, 5.74) is 0. The summed E-state index contributed by atoms with van der Waals surface area (Å²) in [5.74, 6) is -0.176. The van der Waals surface area contributed by atoms with Crippen molar-refractivity contribution in [3.63, 3.8) is 0 Å². The number of aliphatic hydroxyl groups excluding tert-OH is 1. The second kappa shape index (κ2) is 32.2. The van der Waals surface area contributed by atoms with Gasteiger partial charge in [-0.2, -0.15) is 0 Å². The van der Waals surface area contributed by atoms with Crippen molar-refractivity contribution in [2.75, 3.05) is 40.9 Å². The van der Waals surface area contributed by atoms with Crippen molar-refractivity contribution < 1.29 is 32.9 Å². The number of phosphoric ester groups is 1. The van der Waals surface area contributed by atoms with Gasteiger partial charge < -0.3 is 28.8 Å². The molecule has 0 saturated heterocycles. The number of unbranched alkanes of at least 4 members (excludes halogenated alkanes) is 21. The highest BCUT2D eigenvalue weighted by Crippen LogP contribution is 2.38. The predicted octanol–water partition coefficient (Wildman–Crippen LogP) is 9.78. The molecular weight excluding hydrogens is 623 g/mol. The van der Waals surface area contributed by atoms with Gasteiger partial charge >= 0.3 is 0 Å². The van der Waals surface area contributed by atoms with Crippen LogP contribution in [-0.2, 0) is 18.4 Å². The van der Waals surface area contributed by atoms with Crippen LogP contribution < -0.4 is 10.2 Å². The normalized spacial score (nSPS) is 14.7. The molecule has 8 nitrogen and oxygen atoms in total. The molecule has 0 aromatic rings. The molecule has 0 aromatic carbocycles. The second-order valence-electron chi connectivity index (χ2n) is 15.0. The molecule has 0 heterocycles. The van der Waals surface area contributed by atoms with E-state index in [1.807, 2.05) is 21.1 Å². The molecule has 3 atom stereocenters. The number of phosphoric acid groups is 1. The molecule has 0 rings (SSSR count). The third-order valence-corrected chi connectivity index (χ3v) is 9.97. The highest BCUT2D eigenvalue weighted by molar-refractivity contribution is 7.45. The second-order valence-corrected chi connectivity index (χ2v) is 16.4. The van der Waals surface area contributed by atoms with Crippen LogP contribution in [-0.4, -0.2) is 68.5 Å². The molecule has 2 N–H and O–H groups in total. The zero-order valence-electron chi connectivity index (χ0n) is 32.2. The SMILES string of the molecule is CCCCC/C=C/CCCC[C@@H](O)[C@H](COP(=O)([O-])OCC[N+](C)(C)C)NC(=O)CCCCCCCCCCCCCCCCCCC. The van der Waals surface area contributed by atoms with E-state index < -0.39 is 20.0 Å². The van der Waals surface area contributed by atoms with Gasteiger partial charge in [0.1, 0.15) is 13.2 Å². The maximum Gasteiger partial charge on any atom is 0.268 e. The Hall–Kier alpha value is -0.760. The quantitative estimate of drug-likeness (QED) is 0.0291. The molecule has 48 heavy (non-hydrogen) atoms. The number of carbonyl (C=O) groups excluding carboxylic acids is 1. The fourth-order valence-electron chi connectivity index (χ4n) is 5.74. The van der Waals surface area contributed by atoms with Gasteiger partial charge in [0.25, 0.3) is 7.82 Å². The molecular formula is C39H79N2O6P. The zero-order chi connectivity index (χ0) is 35.8. The summed E-state index contributed by atoms with van der Waals surface area (Å²) in [7, 11) is 1.29. The van der Waals surface area contributed by atoms with Crippen molar-refractivity contribution in [1.82, 2.24) is 5.32 Å². The average Bonchev–Trinajstić information content (AvgIpc) is 3.02. The summed E-state index contributed by atoms with van der Waals surface area (Å²) < 4.78 is 23.1. The molecule has 0 aliphatic heterocycles. The van der Waals surface area contributed by atoms with E-state index in [2.05, 4.69) is 31.3 Å². The number of nitrogens with one attached hydrogen (secondary N) is 1. The number of allylic oxidation sites excluding steroid dienone is 2. The Morgan fingerprint density at radius 1 is 0.708 bits per heavy atom. The Morgan fingerprint density at radius 3 is 1.62 bits per heavy atom. The van der Waals surface area contributed by atoms with E-state index in [-0.39, 0.29) is 19.1 Å². The first-order chi connectivity index (χ1) is 23.0. The lowest BCUT2D eigenvalue weighted by Crippen LogP contribution is -2.46. The number of quaternary nitrogens is 1. The van der Waals surface area contributed by atoms with Gasteiger partial charge in [-0.15, -0.1) is 0 Å². The van der Waals surface area contributed by atoms with E-state index >= 15 is 0 Å². The third kappa shape index (κ3) is 33.7. The summed E-state index contributed by atoms with van der Waals surface area (Å²) in [6.07, 6.45) is 33.7. The molecule has 1 amide bonds. The smallest absolute Gasteiger partial charge is 0.268 e. The number of carbonyl (C=O) groups is 1. The largest absolute Gasteiger partial charge is 0.756 e. The van der Waals surface area contributed by atoms with Crippen LogP contribution >= 0.6 is 7.82 Å². The van der Waals surface area contributed by atoms with Gasteiger partial charge in [-0.1, -0.05) is 148 Å². The first-order valence-electron chi connectivity index (χ1n) is 20.0. The van der Waals surface area contributed by atoms with Crippen LogP contribution in [0.3, 0.4) is 0 Å². The van der Waals surface area contributed by atoms with Gasteiger partial charge in [-0.05, 0) is 38.5 Å². The molecule has 0 saturated carbocycles. The maximum atomic E-state index is 12.8. The van der Waals surface area contributed by atoms with Crippen molar-refractivity contribution in [2.24, 2.45) is 0 Å². The fourth-order valence-corrected chi connectivity index (χ4v) is 6.46. The molecule has 0 bridgehead atoms. The van der Waals surface area contributed by atoms with Crippen LogP contribution in [0.1, 0.15) is 181 Å². The Morgan fingerprint density at radius 2 is 1.15 bits per heavy atom. The van der Waals surface area contributed by atoms with E-state index in [9.17, 15) is 19.4 Å². The van der Waals surface area contributed by atoms with E-state index in [1.54, 1.807) is 0 Å². The average molecular weight is 703 g/mol. The van der Waals surface area contributed by atoms with Crippen molar-refractivity contribution >= 4 is 13.7 Å². The van der Waals surface area contributed by atoms with Crippen LogP contribution in [0.4, 0.5) is 0 Å². The van der Waals surface area contributed by atoms with Gasteiger partial charge in [-0.25, -0.2) is 0 Å². The topological polar surface area (TPSA) is 108 Å². The van der Waals surface area contributed by atoms with E-state index in [0.717, 1.165) is 44.9 Å². The standard InChI is InChI=1S/C39H79N2O6P/c1-6-8-10-12-14-16-17-18-19-20-21-22-23-25-27-29-31-33-39(43)40-37(36-47-48(44,45)46-35-34-41(3,4)5)38(42)32-30-28-26-24-15-13-11-9-7-2/h15,24,37-38,42H,6-14,16-23,25-36H2,1-5H3,(H-,40,43,44,45)/b24-15+/t37-,38+/m0/s1. The van der Waals surface area contributed by atoms with E-state index in [1.165, 1.54) is 109 Å². The zero-order valence-corrected chi connectivity index (χ0v) is 33.1. The minimum Gasteiger partial charge on any atom is -0.756 e. The Bertz CT molecular complexity index is 804. The summed E-state index contributed by atoms with van der Waals surface area (Å²) >= 11 is 0. The van der Waals surface area contributed by atoms with Crippen LogP contribution in [0.5, 0.6) is 0 Å². The highest BCUT2D eigenvalue weighted by atomic mass is 31.2. The number of hydrogen-bond acceptors (Lipinski definition) is 6. The van der Waals surface area contributed by atoms with Crippen LogP contribution in [0.25, 0.3) is 0 Å². The fraction of sp³-hybridized carbons (Fsp3) is 0.923. The lowest BCUT2D eigenvalue weighted by molar-refractivity contribution is -0.870. The minimum absolute atomic E-state index is 0.00906. The van der Waals surface area contributed by atoms with Crippen molar-refractivity contribution in [1.29, 1.82) is 0 Å². The number of likely N-dealkylation sites (N-methyl/N-ethyl adjacent to an activating group) is 1. The number of amides is 1. The number of nitrogens with zero attached hydrogens (tertiary/aromatic N) is 1. The minimum atomic E-state index is -4.56. The van der Waals surface area contributed by atoms with Crippen LogP contribution in [0, 0.1) is 0 Å². The molecule has 286 valence electrons. The van der Waals surface area contributed by atoms with Gasteiger partial charge in [0.2, 0.25) is 5.91 Å². The monoisotopic (exact) mass is 703 g/mol. The first-order valence-corrected chi connectivity index (χ1v) is 21.5. The highest BCUT2D eigenvalue weighted by Gasteiger charge is 2.24. The molecule has 1 unspecified atom stereocenters. The van der Waals surface area contributed by atoms with E-state index in [0.29, 0.717) is 23.9 Å². The molecule has 0 aromatic heterocycles. The van der Waals surface area contributed by atoms with Gasteiger partial charge in [0, 0.05) is 6.42 Å². The molecule has 0 spiro atoms. The number of aliphatic hydroxyl groups is 1. The molecule has 9 heteroatoms. The molecule has 0 aliphatic carbocycles. The summed E-state index contributed by atoms with van der Waals surface area (Å²) in [5, 5.41) is 13.8. The lowest BCUT2D eigenvalue weighted by Gasteiger charge is -2.30. The molecule has 0 radical (unpaired) electrons. The third-order valence-electron chi connectivity index (χ3n) is 9.00. The Kier molecular flexibility index (Phi) is 31.7.